The topological polar surface area (TPSA) is 89.2 Å². The Morgan fingerprint density at radius 1 is 1.11 bits per heavy atom. The summed E-state index contributed by atoms with van der Waals surface area (Å²) in [4.78, 5) is 20.7. The molecule has 0 fully saturated rings. The van der Waals surface area contributed by atoms with Gasteiger partial charge in [-0.1, -0.05) is 6.92 Å². The van der Waals surface area contributed by atoms with Crippen molar-refractivity contribution in [2.75, 3.05) is 17.2 Å². The molecule has 8 nitrogen and oxygen atoms in total. The second-order valence-electron chi connectivity index (χ2n) is 8.43. The first-order valence-electron chi connectivity index (χ1n) is 11.6. The van der Waals surface area contributed by atoms with Crippen molar-refractivity contribution < 1.29 is 14.3 Å². The van der Waals surface area contributed by atoms with Gasteiger partial charge in [0.05, 0.1) is 6.34 Å². The van der Waals surface area contributed by atoms with Crippen molar-refractivity contribution in [3.8, 4) is 17.2 Å². The van der Waals surface area contributed by atoms with Gasteiger partial charge in [-0.05, 0) is 61.4 Å². The van der Waals surface area contributed by atoms with Crippen molar-refractivity contribution in [1.29, 1.82) is 0 Å². The Morgan fingerprint density at radius 2 is 2.03 bits per heavy atom. The molecule has 1 aliphatic heterocycles. The zero-order valence-electron chi connectivity index (χ0n) is 19.7. The Labute approximate surface area is 203 Å². The standard InChI is InChI=1S/C27H27N5O3/c1-3-4-20(33)16-34-21-6-7-24-23(14-21)27(30-17-29-24)31-19-5-8-25(18(2)13-19)35-22-9-11-32-12-10-28-26(32)15-22/h5-15,17,27,31H,3-4,16H2,1-2H3,(H,29,30). The second-order valence-corrected chi connectivity index (χ2v) is 8.43. The van der Waals surface area contributed by atoms with Gasteiger partial charge in [-0.15, -0.1) is 0 Å². The van der Waals surface area contributed by atoms with Crippen LogP contribution in [-0.4, -0.2) is 28.1 Å². The van der Waals surface area contributed by atoms with Crippen LogP contribution in [0.1, 0.15) is 37.1 Å². The summed E-state index contributed by atoms with van der Waals surface area (Å²) in [6, 6.07) is 15.5. The molecule has 5 rings (SSSR count). The number of carbonyl (C=O) groups is 1. The largest absolute Gasteiger partial charge is 0.486 e. The van der Waals surface area contributed by atoms with Gasteiger partial charge >= 0.3 is 0 Å². The van der Waals surface area contributed by atoms with E-state index in [-0.39, 0.29) is 18.6 Å². The molecule has 0 saturated carbocycles. The number of aryl methyl sites for hydroxylation is 1. The molecule has 1 unspecified atom stereocenters. The van der Waals surface area contributed by atoms with Gasteiger partial charge in [0.2, 0.25) is 0 Å². The number of rotatable bonds is 9. The Morgan fingerprint density at radius 3 is 2.89 bits per heavy atom. The predicted molar refractivity (Wildman–Crippen MR) is 137 cm³/mol. The van der Waals surface area contributed by atoms with Crippen LogP contribution in [0.3, 0.4) is 0 Å². The third-order valence-corrected chi connectivity index (χ3v) is 5.77. The van der Waals surface area contributed by atoms with E-state index in [1.807, 2.05) is 79.2 Å². The highest BCUT2D eigenvalue weighted by Gasteiger charge is 2.19. The summed E-state index contributed by atoms with van der Waals surface area (Å²) in [7, 11) is 0. The maximum Gasteiger partial charge on any atom is 0.170 e. The van der Waals surface area contributed by atoms with Crippen LogP contribution in [0.25, 0.3) is 5.65 Å². The van der Waals surface area contributed by atoms with Crippen LogP contribution in [0.2, 0.25) is 0 Å². The first-order valence-corrected chi connectivity index (χ1v) is 11.6. The molecule has 0 aliphatic carbocycles. The number of nitrogens with zero attached hydrogens (tertiary/aromatic N) is 3. The van der Waals surface area contributed by atoms with Crippen molar-refractivity contribution >= 4 is 29.1 Å². The van der Waals surface area contributed by atoms with E-state index in [1.54, 1.807) is 12.5 Å². The Balaban J connectivity index is 1.29. The molecule has 178 valence electrons. The van der Waals surface area contributed by atoms with Crippen molar-refractivity contribution in [2.24, 2.45) is 4.99 Å². The fourth-order valence-electron chi connectivity index (χ4n) is 3.97. The maximum absolute atomic E-state index is 11.8. The molecule has 0 saturated heterocycles. The van der Waals surface area contributed by atoms with Gasteiger partial charge in [0.1, 0.15) is 35.7 Å². The summed E-state index contributed by atoms with van der Waals surface area (Å²) in [6.07, 6.45) is 8.31. The molecule has 0 bridgehead atoms. The predicted octanol–water partition coefficient (Wildman–Crippen LogP) is 5.75. The van der Waals surface area contributed by atoms with Gasteiger partial charge in [-0.2, -0.15) is 0 Å². The number of hydrogen-bond acceptors (Lipinski definition) is 7. The lowest BCUT2D eigenvalue weighted by molar-refractivity contribution is -0.121. The number of pyridine rings is 1. The van der Waals surface area contributed by atoms with Crippen LogP contribution in [0, 0.1) is 6.92 Å². The van der Waals surface area contributed by atoms with Crippen LogP contribution < -0.4 is 20.1 Å². The van der Waals surface area contributed by atoms with Gasteiger partial charge in [-0.25, -0.2) is 9.98 Å². The molecule has 35 heavy (non-hydrogen) atoms. The average molecular weight is 470 g/mol. The first-order chi connectivity index (χ1) is 17.1. The minimum atomic E-state index is -0.296. The number of ketones is 1. The number of fused-ring (bicyclic) bond motifs is 2. The van der Waals surface area contributed by atoms with Crippen molar-refractivity contribution in [2.45, 2.75) is 32.9 Å². The number of nitrogens with one attached hydrogen (secondary N) is 2. The number of carbonyl (C=O) groups excluding carboxylic acids is 1. The highest BCUT2D eigenvalue weighted by Crippen LogP contribution is 2.34. The molecule has 4 aromatic rings. The van der Waals surface area contributed by atoms with Crippen LogP contribution >= 0.6 is 0 Å². The molecule has 2 aromatic carbocycles. The summed E-state index contributed by atoms with van der Waals surface area (Å²) in [5.41, 5.74) is 4.62. The van der Waals surface area contributed by atoms with Gasteiger partial charge < -0.3 is 24.5 Å². The van der Waals surface area contributed by atoms with E-state index >= 15 is 0 Å². The van der Waals surface area contributed by atoms with Crippen molar-refractivity contribution in [3.63, 3.8) is 0 Å². The van der Waals surface area contributed by atoms with E-state index in [0.29, 0.717) is 12.2 Å². The second kappa shape index (κ2) is 9.89. The molecular weight excluding hydrogens is 442 g/mol. The Bertz CT molecular complexity index is 1390. The monoisotopic (exact) mass is 469 g/mol. The van der Waals surface area contributed by atoms with Gasteiger partial charge in [-0.3, -0.25) is 4.79 Å². The normalized spacial score (nSPS) is 14.3. The summed E-state index contributed by atoms with van der Waals surface area (Å²) < 4.78 is 13.8. The summed E-state index contributed by atoms with van der Waals surface area (Å²) in [5.74, 6) is 2.24. The minimum absolute atomic E-state index is 0.0790. The fourth-order valence-corrected chi connectivity index (χ4v) is 3.97. The zero-order chi connectivity index (χ0) is 24.2. The fraction of sp³-hybridized carbons (Fsp3) is 0.222. The number of benzene rings is 2. The molecule has 0 spiro atoms. The number of imidazole rings is 1. The molecule has 0 radical (unpaired) electrons. The molecule has 8 heteroatoms. The van der Waals surface area contributed by atoms with Gasteiger partial charge in [0, 0.05) is 48.0 Å². The van der Waals surface area contributed by atoms with Crippen molar-refractivity contribution in [1.82, 2.24) is 9.38 Å². The highest BCUT2D eigenvalue weighted by atomic mass is 16.5. The Kier molecular flexibility index (Phi) is 6.34. The van der Waals surface area contributed by atoms with Crippen LogP contribution in [0.5, 0.6) is 17.2 Å². The van der Waals surface area contributed by atoms with E-state index in [2.05, 4.69) is 20.6 Å². The lowest BCUT2D eigenvalue weighted by Gasteiger charge is -2.24. The molecule has 1 atom stereocenters. The summed E-state index contributed by atoms with van der Waals surface area (Å²) in [5, 5.41) is 6.64. The van der Waals surface area contributed by atoms with Crippen LogP contribution in [-0.2, 0) is 4.79 Å². The zero-order valence-corrected chi connectivity index (χ0v) is 19.7. The van der Waals surface area contributed by atoms with E-state index in [9.17, 15) is 4.79 Å². The van der Waals surface area contributed by atoms with Crippen molar-refractivity contribution in [3.05, 3.63) is 78.2 Å². The minimum Gasteiger partial charge on any atom is -0.486 e. The lowest BCUT2D eigenvalue weighted by atomic mass is 10.1. The van der Waals surface area contributed by atoms with Crippen LogP contribution in [0.15, 0.2) is 72.1 Å². The quantitative estimate of drug-likeness (QED) is 0.325. The first kappa shape index (κ1) is 22.5. The number of aromatic nitrogens is 2. The van der Waals surface area contributed by atoms with Gasteiger partial charge in [0.25, 0.3) is 0 Å². The number of anilines is 2. The smallest absolute Gasteiger partial charge is 0.170 e. The maximum atomic E-state index is 11.8. The molecule has 2 aromatic heterocycles. The lowest BCUT2D eigenvalue weighted by Crippen LogP contribution is -2.17. The molecule has 2 N–H and O–H groups in total. The third-order valence-electron chi connectivity index (χ3n) is 5.77. The summed E-state index contributed by atoms with van der Waals surface area (Å²) in [6.45, 7) is 4.07. The van der Waals surface area contributed by atoms with E-state index in [0.717, 1.165) is 46.1 Å². The van der Waals surface area contributed by atoms with Gasteiger partial charge in [0.15, 0.2) is 5.78 Å². The Hall–Kier alpha value is -4.33. The highest BCUT2D eigenvalue weighted by molar-refractivity contribution is 5.82. The van der Waals surface area contributed by atoms with E-state index < -0.39 is 0 Å². The number of aliphatic imine (C=N–C) groups is 1. The number of Topliss-reactive ketones (excluding diaryl/α,β-unsaturated/α-hetero) is 1. The molecule has 1 aliphatic rings. The number of ether oxygens (including phenoxy) is 2. The molecular formula is C27H27N5O3. The van der Waals surface area contributed by atoms with Crippen LogP contribution in [0.4, 0.5) is 11.4 Å². The summed E-state index contributed by atoms with van der Waals surface area (Å²) >= 11 is 0. The molecule has 0 amide bonds. The van der Waals surface area contributed by atoms with E-state index in [1.165, 1.54) is 0 Å². The number of hydrogen-bond donors (Lipinski definition) is 2. The molecule has 3 heterocycles. The SMILES string of the molecule is CCCC(=O)COc1ccc2c(c1)C(Nc1ccc(Oc3ccn4ccnc4c3)c(C)c1)N=CN2. The average Bonchev–Trinajstić information content (AvgIpc) is 3.33. The third kappa shape index (κ3) is 5.11. The van der Waals surface area contributed by atoms with E-state index in [4.69, 9.17) is 9.47 Å².